The van der Waals surface area contributed by atoms with Crippen LogP contribution in [-0.2, 0) is 0 Å². The lowest BCUT2D eigenvalue weighted by atomic mass is 10.2. The van der Waals surface area contributed by atoms with E-state index >= 15 is 0 Å². The maximum Gasteiger partial charge on any atom is 0.265 e. The minimum Gasteiger partial charge on any atom is -0.494 e. The van der Waals surface area contributed by atoms with Crippen LogP contribution in [0.15, 0.2) is 60.2 Å². The maximum absolute atomic E-state index is 12.2. The van der Waals surface area contributed by atoms with Crippen LogP contribution in [0.25, 0.3) is 0 Å². The van der Waals surface area contributed by atoms with Gasteiger partial charge >= 0.3 is 0 Å². The van der Waals surface area contributed by atoms with Gasteiger partial charge in [-0.3, -0.25) is 14.6 Å². The van der Waals surface area contributed by atoms with Crippen LogP contribution in [0.5, 0.6) is 5.75 Å². The zero-order chi connectivity index (χ0) is 17.6. The van der Waals surface area contributed by atoms with E-state index < -0.39 is 0 Å². The number of carbonyl (C=O) groups is 2. The highest BCUT2D eigenvalue weighted by Crippen LogP contribution is 2.29. The van der Waals surface area contributed by atoms with Crippen molar-refractivity contribution >= 4 is 34.5 Å². The van der Waals surface area contributed by atoms with Crippen LogP contribution in [-0.4, -0.2) is 23.9 Å². The summed E-state index contributed by atoms with van der Waals surface area (Å²) in [5.41, 5.74) is 1.54. The van der Waals surface area contributed by atoms with Crippen LogP contribution in [0.3, 0.4) is 0 Å². The fraction of sp³-hybridized carbons (Fsp3) is 0.0556. The Hall–Kier alpha value is -3.19. The molecule has 0 saturated heterocycles. The molecule has 3 rings (SSSR count). The number of amides is 2. The van der Waals surface area contributed by atoms with E-state index in [-0.39, 0.29) is 11.8 Å². The van der Waals surface area contributed by atoms with E-state index in [1.54, 1.807) is 42.6 Å². The predicted octanol–water partition coefficient (Wildman–Crippen LogP) is 3.66. The normalized spacial score (nSPS) is 10.1. The summed E-state index contributed by atoms with van der Waals surface area (Å²) in [6.45, 7) is 0. The molecule has 2 heterocycles. The number of nitrogens with zero attached hydrogens (tertiary/aromatic N) is 1. The lowest BCUT2D eigenvalue weighted by molar-refractivity contribution is 0.101. The van der Waals surface area contributed by atoms with Gasteiger partial charge in [-0.05, 0) is 35.7 Å². The first-order valence-electron chi connectivity index (χ1n) is 7.41. The number of aromatic nitrogens is 1. The van der Waals surface area contributed by atoms with E-state index in [9.17, 15) is 9.59 Å². The lowest BCUT2D eigenvalue weighted by Crippen LogP contribution is -2.13. The fourth-order valence-electron chi connectivity index (χ4n) is 2.16. The highest BCUT2D eigenvalue weighted by molar-refractivity contribution is 7.12. The second kappa shape index (κ2) is 7.59. The molecule has 0 saturated carbocycles. The second-order valence-corrected chi connectivity index (χ2v) is 5.99. The number of hydrogen-bond acceptors (Lipinski definition) is 5. The smallest absolute Gasteiger partial charge is 0.265 e. The van der Waals surface area contributed by atoms with Gasteiger partial charge in [0.15, 0.2) is 0 Å². The Morgan fingerprint density at radius 3 is 2.64 bits per heavy atom. The summed E-state index contributed by atoms with van der Waals surface area (Å²) < 4.78 is 5.32. The van der Waals surface area contributed by atoms with Crippen molar-refractivity contribution in [3.63, 3.8) is 0 Å². The van der Waals surface area contributed by atoms with E-state index in [0.717, 1.165) is 0 Å². The van der Waals surface area contributed by atoms with Crippen LogP contribution in [0.1, 0.15) is 20.0 Å². The third kappa shape index (κ3) is 4.02. The van der Waals surface area contributed by atoms with E-state index in [4.69, 9.17) is 4.74 Å². The molecule has 0 atom stereocenters. The van der Waals surface area contributed by atoms with E-state index in [0.29, 0.717) is 27.6 Å². The molecule has 0 spiro atoms. The van der Waals surface area contributed by atoms with Crippen LogP contribution in [0, 0.1) is 0 Å². The molecule has 0 bridgehead atoms. The molecule has 2 aromatic heterocycles. The third-order valence-corrected chi connectivity index (χ3v) is 4.24. The van der Waals surface area contributed by atoms with Gasteiger partial charge in [-0.25, -0.2) is 0 Å². The van der Waals surface area contributed by atoms with Gasteiger partial charge in [0, 0.05) is 24.1 Å². The summed E-state index contributed by atoms with van der Waals surface area (Å²) in [6.07, 6.45) is 3.09. The molecule has 7 heteroatoms. The van der Waals surface area contributed by atoms with Crippen molar-refractivity contribution in [3.8, 4) is 5.75 Å². The first-order chi connectivity index (χ1) is 12.2. The van der Waals surface area contributed by atoms with Gasteiger partial charge in [0.2, 0.25) is 0 Å². The number of rotatable bonds is 5. The molecule has 2 amide bonds. The average Bonchev–Trinajstić information content (AvgIpc) is 3.18. The molecular weight excluding hydrogens is 338 g/mol. The monoisotopic (exact) mass is 353 g/mol. The van der Waals surface area contributed by atoms with Gasteiger partial charge in [-0.1, -0.05) is 6.07 Å². The van der Waals surface area contributed by atoms with Crippen molar-refractivity contribution in [3.05, 3.63) is 70.7 Å². The number of hydrogen-bond donors (Lipinski definition) is 2. The van der Waals surface area contributed by atoms with E-state index in [1.807, 2.05) is 11.4 Å². The number of benzene rings is 1. The Kier molecular flexibility index (Phi) is 5.06. The van der Waals surface area contributed by atoms with Gasteiger partial charge in [0.25, 0.3) is 11.8 Å². The van der Waals surface area contributed by atoms with Crippen molar-refractivity contribution in [1.29, 1.82) is 0 Å². The van der Waals surface area contributed by atoms with Gasteiger partial charge in [0.05, 0.1) is 23.2 Å². The highest BCUT2D eigenvalue weighted by Gasteiger charge is 2.12. The Morgan fingerprint density at radius 2 is 1.96 bits per heavy atom. The van der Waals surface area contributed by atoms with Gasteiger partial charge in [0.1, 0.15) is 5.75 Å². The topological polar surface area (TPSA) is 80.3 Å². The number of pyridine rings is 1. The summed E-state index contributed by atoms with van der Waals surface area (Å²) in [6, 6.07) is 12.0. The van der Waals surface area contributed by atoms with Crippen LogP contribution in [0.2, 0.25) is 0 Å². The van der Waals surface area contributed by atoms with Crippen molar-refractivity contribution in [2.75, 3.05) is 17.7 Å². The molecule has 6 nitrogen and oxygen atoms in total. The van der Waals surface area contributed by atoms with Crippen molar-refractivity contribution < 1.29 is 14.3 Å². The molecule has 126 valence electrons. The SMILES string of the molecule is COc1cc(NC(=O)c2cccnc2)ccc1NC(=O)c1cccs1. The summed E-state index contributed by atoms with van der Waals surface area (Å²) in [5.74, 6) is -0.0279. The number of ether oxygens (including phenoxy) is 1. The maximum atomic E-state index is 12.2. The van der Waals surface area contributed by atoms with Crippen molar-refractivity contribution in [2.45, 2.75) is 0 Å². The van der Waals surface area contributed by atoms with Crippen LogP contribution >= 0.6 is 11.3 Å². The Balaban J connectivity index is 1.75. The number of anilines is 2. The van der Waals surface area contributed by atoms with Crippen LogP contribution < -0.4 is 15.4 Å². The lowest BCUT2D eigenvalue weighted by Gasteiger charge is -2.12. The number of carbonyl (C=O) groups excluding carboxylic acids is 2. The number of nitrogens with one attached hydrogen (secondary N) is 2. The summed E-state index contributed by atoms with van der Waals surface area (Å²) in [5, 5.41) is 7.41. The molecule has 0 unspecified atom stereocenters. The summed E-state index contributed by atoms with van der Waals surface area (Å²) in [7, 11) is 1.50. The van der Waals surface area contributed by atoms with Crippen molar-refractivity contribution in [2.24, 2.45) is 0 Å². The molecule has 0 fully saturated rings. The number of methoxy groups -OCH3 is 1. The Labute approximate surface area is 148 Å². The van der Waals surface area contributed by atoms with E-state index in [1.165, 1.54) is 24.6 Å². The Bertz CT molecular complexity index is 880. The quantitative estimate of drug-likeness (QED) is 0.734. The third-order valence-electron chi connectivity index (χ3n) is 3.38. The van der Waals surface area contributed by atoms with Gasteiger partial charge < -0.3 is 15.4 Å². The minimum atomic E-state index is -0.273. The first-order valence-corrected chi connectivity index (χ1v) is 8.29. The van der Waals surface area contributed by atoms with Gasteiger partial charge in [-0.15, -0.1) is 11.3 Å². The van der Waals surface area contributed by atoms with Crippen LogP contribution in [0.4, 0.5) is 11.4 Å². The van der Waals surface area contributed by atoms with E-state index in [2.05, 4.69) is 15.6 Å². The number of thiophene rings is 1. The molecule has 0 aliphatic rings. The highest BCUT2D eigenvalue weighted by atomic mass is 32.1. The molecule has 2 N–H and O–H groups in total. The second-order valence-electron chi connectivity index (χ2n) is 5.04. The molecule has 0 aliphatic heterocycles. The first kappa shape index (κ1) is 16.7. The molecule has 0 aliphatic carbocycles. The summed E-state index contributed by atoms with van der Waals surface area (Å²) in [4.78, 5) is 28.9. The fourth-order valence-corrected chi connectivity index (χ4v) is 2.78. The molecule has 3 aromatic rings. The summed E-state index contributed by atoms with van der Waals surface area (Å²) >= 11 is 1.36. The van der Waals surface area contributed by atoms with Crippen molar-refractivity contribution in [1.82, 2.24) is 4.98 Å². The predicted molar refractivity (Wildman–Crippen MR) is 97.5 cm³/mol. The zero-order valence-electron chi connectivity index (χ0n) is 13.4. The molecular formula is C18H15N3O3S. The molecule has 0 radical (unpaired) electrons. The van der Waals surface area contributed by atoms with Gasteiger partial charge in [-0.2, -0.15) is 0 Å². The minimum absolute atomic E-state index is 0.208. The standard InChI is InChI=1S/C18H15N3O3S/c1-24-15-10-13(20-17(22)12-4-2-8-19-11-12)6-7-14(15)21-18(23)16-5-3-9-25-16/h2-11H,1H3,(H,20,22)(H,21,23). The molecule has 1 aromatic carbocycles. The molecule has 25 heavy (non-hydrogen) atoms. The Morgan fingerprint density at radius 1 is 1.08 bits per heavy atom. The largest absolute Gasteiger partial charge is 0.494 e. The average molecular weight is 353 g/mol. The zero-order valence-corrected chi connectivity index (χ0v) is 14.2.